The fraction of sp³-hybridized carbons (Fsp3) is 0.526. The predicted molar refractivity (Wildman–Crippen MR) is 112 cm³/mol. The Morgan fingerprint density at radius 1 is 1.00 bits per heavy atom. The summed E-state index contributed by atoms with van der Waals surface area (Å²) in [6.07, 6.45) is 0.00371. The molecule has 2 rings (SSSR count). The van der Waals surface area contributed by atoms with Gasteiger partial charge in [0, 0.05) is 18.4 Å². The Morgan fingerprint density at radius 2 is 1.61 bits per heavy atom. The molecule has 0 aliphatic heterocycles. The first-order chi connectivity index (χ1) is 12.8. The van der Waals surface area contributed by atoms with Gasteiger partial charge in [-0.05, 0) is 23.1 Å². The number of amides is 1. The Hall–Kier alpha value is -1.84. The van der Waals surface area contributed by atoms with Crippen LogP contribution in [0.4, 0.5) is 5.13 Å². The van der Waals surface area contributed by atoms with Crippen LogP contribution in [0.25, 0.3) is 0 Å². The number of anilines is 1. The van der Waals surface area contributed by atoms with E-state index in [9.17, 15) is 13.2 Å². The lowest BCUT2D eigenvalue weighted by Gasteiger charge is -2.19. The number of sulfonamides is 1. The highest BCUT2D eigenvalue weighted by molar-refractivity contribution is 7.89. The van der Waals surface area contributed by atoms with E-state index < -0.39 is 10.0 Å². The first-order valence-electron chi connectivity index (χ1n) is 9.03. The van der Waals surface area contributed by atoms with Crippen molar-refractivity contribution in [3.05, 3.63) is 34.8 Å². The lowest BCUT2D eigenvalue weighted by atomic mass is 9.87. The minimum atomic E-state index is -3.66. The van der Waals surface area contributed by atoms with Gasteiger partial charge in [-0.15, -0.1) is 10.2 Å². The predicted octanol–water partition coefficient (Wildman–Crippen LogP) is 3.44. The van der Waals surface area contributed by atoms with Crippen LogP contribution in [0.2, 0.25) is 0 Å². The quantitative estimate of drug-likeness (QED) is 0.740. The minimum absolute atomic E-state index is 0.000120. The number of carbonyl (C=O) groups excluding carboxylic acids is 1. The summed E-state index contributed by atoms with van der Waals surface area (Å²) in [5.41, 5.74) is 0.863. The van der Waals surface area contributed by atoms with Crippen molar-refractivity contribution in [1.29, 1.82) is 0 Å². The first-order valence-corrected chi connectivity index (χ1v) is 11.3. The summed E-state index contributed by atoms with van der Waals surface area (Å²) >= 11 is 1.31. The number of hydrogen-bond donors (Lipinski definition) is 2. The molecule has 0 saturated carbocycles. The summed E-state index contributed by atoms with van der Waals surface area (Å²) in [4.78, 5) is 12.2. The number of carbonyl (C=O) groups is 1. The maximum atomic E-state index is 12.4. The van der Waals surface area contributed by atoms with Crippen LogP contribution in [0.5, 0.6) is 0 Å². The molecule has 0 fully saturated rings. The monoisotopic (exact) mass is 424 g/mol. The summed E-state index contributed by atoms with van der Waals surface area (Å²) in [5, 5.41) is 11.9. The van der Waals surface area contributed by atoms with Crippen LogP contribution in [0.15, 0.2) is 29.2 Å². The van der Waals surface area contributed by atoms with E-state index >= 15 is 0 Å². The molecule has 1 aromatic heterocycles. The van der Waals surface area contributed by atoms with Crippen LogP contribution < -0.4 is 10.0 Å². The van der Waals surface area contributed by atoms with Crippen molar-refractivity contribution in [2.24, 2.45) is 0 Å². The molecule has 0 spiro atoms. The van der Waals surface area contributed by atoms with Crippen molar-refractivity contribution in [1.82, 2.24) is 14.9 Å². The van der Waals surface area contributed by atoms with Gasteiger partial charge in [0.1, 0.15) is 5.01 Å². The zero-order chi connectivity index (χ0) is 21.2. The summed E-state index contributed by atoms with van der Waals surface area (Å²) in [5.74, 6) is -0.317. The number of aromatic nitrogens is 2. The number of rotatable bonds is 6. The Balaban J connectivity index is 1.89. The van der Waals surface area contributed by atoms with Gasteiger partial charge in [0.15, 0.2) is 0 Å². The van der Waals surface area contributed by atoms with Crippen LogP contribution >= 0.6 is 11.3 Å². The van der Waals surface area contributed by atoms with Crippen molar-refractivity contribution in [3.8, 4) is 0 Å². The molecule has 7 nitrogen and oxygen atoms in total. The van der Waals surface area contributed by atoms with E-state index in [0.29, 0.717) is 5.13 Å². The van der Waals surface area contributed by atoms with Crippen molar-refractivity contribution < 1.29 is 13.2 Å². The highest BCUT2D eigenvalue weighted by atomic mass is 32.2. The fourth-order valence-corrected chi connectivity index (χ4v) is 4.12. The van der Waals surface area contributed by atoms with Crippen LogP contribution in [0.1, 0.15) is 58.5 Å². The largest absolute Gasteiger partial charge is 0.300 e. The van der Waals surface area contributed by atoms with E-state index in [1.165, 1.54) is 11.3 Å². The minimum Gasteiger partial charge on any atom is -0.300 e. The SMILES string of the molecule is CC(C)(C)c1ccc(S(=O)(=O)NCCC(=O)Nc2nnc(C(C)(C)C)s2)cc1. The van der Waals surface area contributed by atoms with Gasteiger partial charge in [-0.3, -0.25) is 4.79 Å². The third-order valence-corrected chi connectivity index (χ3v) is 6.73. The summed E-state index contributed by atoms with van der Waals surface area (Å²) in [6, 6.07) is 6.78. The number of hydrogen-bond acceptors (Lipinski definition) is 6. The molecule has 0 bridgehead atoms. The molecule has 1 heterocycles. The smallest absolute Gasteiger partial charge is 0.240 e. The van der Waals surface area contributed by atoms with Crippen molar-refractivity contribution in [2.75, 3.05) is 11.9 Å². The Morgan fingerprint density at radius 3 is 2.11 bits per heavy atom. The van der Waals surface area contributed by atoms with Crippen LogP contribution in [0, 0.1) is 0 Å². The van der Waals surface area contributed by atoms with Gasteiger partial charge >= 0.3 is 0 Å². The molecule has 2 N–H and O–H groups in total. The molecule has 28 heavy (non-hydrogen) atoms. The van der Waals surface area contributed by atoms with Crippen LogP contribution in [-0.4, -0.2) is 31.1 Å². The van der Waals surface area contributed by atoms with E-state index in [1.54, 1.807) is 12.1 Å². The standard InChI is InChI=1S/C19H28N4O3S2/c1-18(2,3)13-7-9-14(10-8-13)28(25,26)20-12-11-15(24)21-17-23-22-16(27-17)19(4,5)6/h7-10,20H,11-12H2,1-6H3,(H,21,23,24). The van der Waals surface area contributed by atoms with Gasteiger partial charge in [-0.1, -0.05) is 65.0 Å². The summed E-state index contributed by atoms with van der Waals surface area (Å²) in [6.45, 7) is 12.2. The van der Waals surface area contributed by atoms with Crippen LogP contribution in [-0.2, 0) is 25.6 Å². The zero-order valence-electron chi connectivity index (χ0n) is 17.2. The molecule has 0 aliphatic carbocycles. The number of nitrogens with one attached hydrogen (secondary N) is 2. The fourth-order valence-electron chi connectivity index (χ4n) is 2.27. The average Bonchev–Trinajstić information content (AvgIpc) is 3.02. The van der Waals surface area contributed by atoms with Gasteiger partial charge in [0.2, 0.25) is 21.1 Å². The highest BCUT2D eigenvalue weighted by Gasteiger charge is 2.21. The lowest BCUT2D eigenvalue weighted by Crippen LogP contribution is -2.28. The van der Waals surface area contributed by atoms with E-state index in [-0.39, 0.29) is 34.6 Å². The molecule has 0 saturated heterocycles. The van der Waals surface area contributed by atoms with Crippen molar-refractivity contribution in [3.63, 3.8) is 0 Å². The third-order valence-electron chi connectivity index (χ3n) is 3.99. The second kappa shape index (κ2) is 8.26. The van der Waals surface area contributed by atoms with Gasteiger partial charge in [0.25, 0.3) is 0 Å². The Kier molecular flexibility index (Phi) is 6.62. The normalized spacial score (nSPS) is 12.8. The molecule has 0 atom stereocenters. The molecule has 0 unspecified atom stereocenters. The van der Waals surface area contributed by atoms with Crippen molar-refractivity contribution in [2.45, 2.75) is 63.7 Å². The van der Waals surface area contributed by atoms with Gasteiger partial charge in [-0.2, -0.15) is 0 Å². The van der Waals surface area contributed by atoms with Gasteiger partial charge in [-0.25, -0.2) is 13.1 Å². The van der Waals surface area contributed by atoms with E-state index in [2.05, 4.69) is 41.0 Å². The maximum absolute atomic E-state index is 12.4. The molecule has 1 aromatic carbocycles. The van der Waals surface area contributed by atoms with Gasteiger partial charge < -0.3 is 5.32 Å². The molecular weight excluding hydrogens is 396 g/mol. The van der Waals surface area contributed by atoms with Crippen molar-refractivity contribution >= 4 is 32.4 Å². The zero-order valence-corrected chi connectivity index (χ0v) is 18.8. The van der Waals surface area contributed by atoms with Crippen LogP contribution in [0.3, 0.4) is 0 Å². The Bertz CT molecular complexity index is 921. The Labute approximate surface area is 171 Å². The highest BCUT2D eigenvalue weighted by Crippen LogP contribution is 2.27. The lowest BCUT2D eigenvalue weighted by molar-refractivity contribution is -0.116. The second-order valence-electron chi connectivity index (χ2n) is 8.63. The average molecular weight is 425 g/mol. The first kappa shape index (κ1) is 22.4. The van der Waals surface area contributed by atoms with E-state index in [1.807, 2.05) is 32.9 Å². The van der Waals surface area contributed by atoms with E-state index in [0.717, 1.165) is 10.6 Å². The topological polar surface area (TPSA) is 101 Å². The van der Waals surface area contributed by atoms with Gasteiger partial charge in [0.05, 0.1) is 4.90 Å². The molecule has 1 amide bonds. The maximum Gasteiger partial charge on any atom is 0.240 e. The molecule has 154 valence electrons. The molecule has 2 aromatic rings. The second-order valence-corrected chi connectivity index (χ2v) is 11.4. The molecular formula is C19H28N4O3S2. The summed E-state index contributed by atoms with van der Waals surface area (Å²) in [7, 11) is -3.66. The summed E-state index contributed by atoms with van der Waals surface area (Å²) < 4.78 is 27.2. The molecule has 9 heteroatoms. The van der Waals surface area contributed by atoms with E-state index in [4.69, 9.17) is 0 Å². The molecule has 0 aliphatic rings. The third kappa shape index (κ3) is 6.08. The number of nitrogens with zero attached hydrogens (tertiary/aromatic N) is 2. The number of benzene rings is 1. The molecule has 0 radical (unpaired) electrons.